The van der Waals surface area contributed by atoms with E-state index in [4.69, 9.17) is 0 Å². The quantitative estimate of drug-likeness (QED) is 0.140. The maximum Gasteiger partial charge on any atom is 0.411 e. The number of nitrogens with zero attached hydrogens (tertiary/aromatic N) is 1. The number of nitrogens with one attached hydrogen (secondary N) is 4. The van der Waals surface area contributed by atoms with Gasteiger partial charge in [0.05, 0.1) is 18.2 Å². The summed E-state index contributed by atoms with van der Waals surface area (Å²) in [5.41, 5.74) is 1.10. The van der Waals surface area contributed by atoms with E-state index in [-0.39, 0.29) is 52.9 Å². The minimum absolute atomic E-state index is 0.00868. The first-order valence-corrected chi connectivity index (χ1v) is 17.0. The van der Waals surface area contributed by atoms with Crippen molar-refractivity contribution in [3.8, 4) is 0 Å². The minimum atomic E-state index is -1.28. The number of aliphatic hydroxyl groups is 1. The fourth-order valence-electron chi connectivity index (χ4n) is 5.23. The van der Waals surface area contributed by atoms with Gasteiger partial charge in [-0.25, -0.2) is 4.79 Å². The predicted molar refractivity (Wildman–Crippen MR) is 190 cm³/mol. The molecule has 2 aromatic carbocycles. The van der Waals surface area contributed by atoms with Crippen molar-refractivity contribution in [1.82, 2.24) is 21.3 Å². The average Bonchev–Trinajstić information content (AvgIpc) is 3.04. The Morgan fingerprint density at radius 1 is 0.735 bits per heavy atom. The van der Waals surface area contributed by atoms with Crippen LogP contribution >= 0.6 is 0 Å². The molecular formula is C37H55N5O7. The SMILES string of the molecule is CC(C)CNC(=O)C(NC(=O)C(C)CC(O)C(CC(C)C)NC(=O)c1cc(C(=O)NC(C)c2ccccc2)cc(N(C)C(=O)O)c1)C(C)C. The zero-order chi connectivity index (χ0) is 37.0. The third-order valence-electron chi connectivity index (χ3n) is 8.24. The molecule has 270 valence electrons. The Kier molecular flexibility index (Phi) is 15.7. The average molecular weight is 682 g/mol. The van der Waals surface area contributed by atoms with E-state index in [1.165, 1.54) is 25.2 Å². The fraction of sp³-hybridized carbons (Fsp3) is 0.541. The van der Waals surface area contributed by atoms with Crippen LogP contribution in [0.2, 0.25) is 0 Å². The van der Waals surface area contributed by atoms with Crippen LogP contribution in [0.4, 0.5) is 10.5 Å². The standard InChI is InChI=1S/C37H55N5O7/c1-21(2)15-30(31(43)16-24(7)33(44)41-32(23(5)6)36(47)38-20-22(3)4)40-35(46)28-17-27(18-29(19-28)42(9)37(48)49)34(45)39-25(8)26-13-11-10-12-14-26/h10-14,17-19,21-25,30-32,43H,15-16,20H2,1-9H3,(H,38,47)(H,39,45)(H,40,46)(H,41,44)(H,48,49). The van der Waals surface area contributed by atoms with Gasteiger partial charge in [-0.15, -0.1) is 0 Å². The number of anilines is 1. The highest BCUT2D eigenvalue weighted by molar-refractivity contribution is 6.02. The van der Waals surface area contributed by atoms with Gasteiger partial charge in [-0.2, -0.15) is 0 Å². The summed E-state index contributed by atoms with van der Waals surface area (Å²) in [5.74, 6) is -2.31. The van der Waals surface area contributed by atoms with Gasteiger partial charge in [0.2, 0.25) is 11.8 Å². The van der Waals surface area contributed by atoms with Crippen LogP contribution in [0, 0.1) is 23.7 Å². The van der Waals surface area contributed by atoms with Gasteiger partial charge in [-0.3, -0.25) is 24.1 Å². The monoisotopic (exact) mass is 681 g/mol. The molecule has 12 nitrogen and oxygen atoms in total. The third-order valence-corrected chi connectivity index (χ3v) is 8.24. The Morgan fingerprint density at radius 3 is 1.82 bits per heavy atom. The molecule has 12 heteroatoms. The maximum absolute atomic E-state index is 13.7. The Bertz CT molecular complexity index is 1430. The molecule has 49 heavy (non-hydrogen) atoms. The van der Waals surface area contributed by atoms with E-state index in [1.807, 2.05) is 78.8 Å². The number of hydrogen-bond acceptors (Lipinski definition) is 6. The Morgan fingerprint density at radius 2 is 1.31 bits per heavy atom. The van der Waals surface area contributed by atoms with E-state index in [0.29, 0.717) is 13.0 Å². The Balaban J connectivity index is 2.27. The maximum atomic E-state index is 13.7. The number of rotatable bonds is 17. The summed E-state index contributed by atoms with van der Waals surface area (Å²) in [6.45, 7) is 15.5. The van der Waals surface area contributed by atoms with Crippen molar-refractivity contribution in [2.45, 2.75) is 92.5 Å². The largest absolute Gasteiger partial charge is 0.465 e. The molecule has 0 aliphatic rings. The smallest absolute Gasteiger partial charge is 0.411 e. The summed E-state index contributed by atoms with van der Waals surface area (Å²) in [4.78, 5) is 65.7. The van der Waals surface area contributed by atoms with Crippen LogP contribution in [0.3, 0.4) is 0 Å². The summed E-state index contributed by atoms with van der Waals surface area (Å²) >= 11 is 0. The molecule has 0 aromatic heterocycles. The Hall–Kier alpha value is -4.45. The van der Waals surface area contributed by atoms with Gasteiger partial charge in [0.25, 0.3) is 11.8 Å². The van der Waals surface area contributed by atoms with Gasteiger partial charge in [0.15, 0.2) is 0 Å². The molecule has 2 rings (SSSR count). The molecule has 0 aliphatic carbocycles. The number of benzene rings is 2. The third kappa shape index (κ3) is 12.8. The molecule has 6 N–H and O–H groups in total. The topological polar surface area (TPSA) is 177 Å². The van der Waals surface area contributed by atoms with E-state index in [0.717, 1.165) is 10.5 Å². The van der Waals surface area contributed by atoms with Gasteiger partial charge >= 0.3 is 6.09 Å². The summed E-state index contributed by atoms with van der Waals surface area (Å²) in [6, 6.07) is 11.6. The molecule has 2 aromatic rings. The van der Waals surface area contributed by atoms with Gasteiger partial charge in [0, 0.05) is 36.3 Å². The van der Waals surface area contributed by atoms with E-state index in [9.17, 15) is 34.2 Å². The molecular weight excluding hydrogens is 626 g/mol. The lowest BCUT2D eigenvalue weighted by Gasteiger charge is -2.29. The number of carboxylic acid groups (broad SMARTS) is 1. The van der Waals surface area contributed by atoms with Gasteiger partial charge in [-0.05, 0) is 61.3 Å². The normalized spacial score (nSPS) is 14.4. The number of carbonyl (C=O) groups excluding carboxylic acids is 4. The molecule has 0 saturated carbocycles. The second kappa shape index (κ2) is 18.9. The van der Waals surface area contributed by atoms with Crippen molar-refractivity contribution in [3.63, 3.8) is 0 Å². The first-order chi connectivity index (χ1) is 22.9. The van der Waals surface area contributed by atoms with Crippen LogP contribution in [0.15, 0.2) is 48.5 Å². The van der Waals surface area contributed by atoms with Crippen LogP contribution in [0.1, 0.15) is 101 Å². The van der Waals surface area contributed by atoms with Crippen molar-refractivity contribution in [2.24, 2.45) is 23.7 Å². The lowest BCUT2D eigenvalue weighted by Crippen LogP contribution is -2.52. The number of aliphatic hydroxyl groups excluding tert-OH is 1. The molecule has 0 bridgehead atoms. The van der Waals surface area contributed by atoms with Crippen molar-refractivity contribution in [1.29, 1.82) is 0 Å². The number of carbonyl (C=O) groups is 5. The molecule has 0 heterocycles. The first-order valence-electron chi connectivity index (χ1n) is 17.0. The van der Waals surface area contributed by atoms with Crippen molar-refractivity contribution in [2.75, 3.05) is 18.5 Å². The van der Waals surface area contributed by atoms with E-state index in [2.05, 4.69) is 21.3 Å². The molecule has 0 fully saturated rings. The van der Waals surface area contributed by atoms with Crippen LogP contribution in [-0.4, -0.2) is 71.7 Å². The number of amides is 5. The highest BCUT2D eigenvalue weighted by Crippen LogP contribution is 2.22. The summed E-state index contributed by atoms with van der Waals surface area (Å²) in [5, 5.41) is 32.4. The first kappa shape index (κ1) is 40.7. The highest BCUT2D eigenvalue weighted by Gasteiger charge is 2.30. The molecule has 0 radical (unpaired) electrons. The Labute approximate surface area is 290 Å². The summed E-state index contributed by atoms with van der Waals surface area (Å²) < 4.78 is 0. The molecule has 5 amide bonds. The van der Waals surface area contributed by atoms with Crippen LogP contribution in [-0.2, 0) is 9.59 Å². The molecule has 0 spiro atoms. The van der Waals surface area contributed by atoms with Gasteiger partial charge in [0.1, 0.15) is 6.04 Å². The predicted octanol–water partition coefficient (Wildman–Crippen LogP) is 4.74. The van der Waals surface area contributed by atoms with Crippen LogP contribution in [0.5, 0.6) is 0 Å². The van der Waals surface area contributed by atoms with E-state index >= 15 is 0 Å². The van der Waals surface area contributed by atoms with E-state index in [1.54, 1.807) is 6.92 Å². The lowest BCUT2D eigenvalue weighted by molar-refractivity contribution is -0.132. The minimum Gasteiger partial charge on any atom is -0.465 e. The second-order valence-corrected chi connectivity index (χ2v) is 14.0. The molecule has 0 aliphatic heterocycles. The molecule has 5 atom stereocenters. The second-order valence-electron chi connectivity index (χ2n) is 14.0. The molecule has 0 saturated heterocycles. The zero-order valence-electron chi connectivity index (χ0n) is 30.2. The number of hydrogen-bond donors (Lipinski definition) is 6. The molecule has 5 unspecified atom stereocenters. The van der Waals surface area contributed by atoms with Gasteiger partial charge < -0.3 is 31.5 Å². The summed E-state index contributed by atoms with van der Waals surface area (Å²) in [7, 11) is 1.31. The van der Waals surface area contributed by atoms with Crippen molar-refractivity contribution in [3.05, 3.63) is 65.2 Å². The summed E-state index contributed by atoms with van der Waals surface area (Å²) in [6.07, 6.45) is -2.02. The zero-order valence-corrected chi connectivity index (χ0v) is 30.2. The fourth-order valence-corrected chi connectivity index (χ4v) is 5.23. The highest BCUT2D eigenvalue weighted by atomic mass is 16.4. The lowest BCUT2D eigenvalue weighted by atomic mass is 9.91. The van der Waals surface area contributed by atoms with Crippen molar-refractivity contribution < 1.29 is 34.2 Å². The van der Waals surface area contributed by atoms with Crippen molar-refractivity contribution >= 4 is 35.4 Å². The van der Waals surface area contributed by atoms with Gasteiger partial charge in [-0.1, -0.05) is 78.8 Å². The van der Waals surface area contributed by atoms with Crippen LogP contribution in [0.25, 0.3) is 0 Å². The van der Waals surface area contributed by atoms with E-state index < -0.39 is 47.9 Å². The van der Waals surface area contributed by atoms with Crippen LogP contribution < -0.4 is 26.2 Å².